The van der Waals surface area contributed by atoms with Crippen molar-refractivity contribution in [2.75, 3.05) is 27.7 Å². The molecule has 1 fully saturated rings. The zero-order chi connectivity index (χ0) is 26.0. The minimum Gasteiger partial charge on any atom is -0.349 e. The van der Waals surface area contributed by atoms with Gasteiger partial charge in [0.1, 0.15) is 0 Å². The van der Waals surface area contributed by atoms with Crippen LogP contribution in [0.3, 0.4) is 0 Å². The molecule has 1 aliphatic heterocycles. The minimum atomic E-state index is -0.943. The fraction of sp³-hybridized carbons (Fsp3) is 0.500. The van der Waals surface area contributed by atoms with E-state index in [-0.39, 0.29) is 17.7 Å². The Morgan fingerprint density at radius 2 is 1.97 bits per heavy atom. The number of nitrogens with one attached hydrogen (secondary N) is 2. The molecule has 3 heterocycles. The molecule has 0 bridgehead atoms. The van der Waals surface area contributed by atoms with Crippen LogP contribution in [0.15, 0.2) is 18.0 Å². The van der Waals surface area contributed by atoms with Crippen LogP contribution in [0.5, 0.6) is 0 Å². The van der Waals surface area contributed by atoms with Gasteiger partial charge in [-0.3, -0.25) is 14.4 Å². The summed E-state index contributed by atoms with van der Waals surface area (Å²) >= 11 is 8.42. The van der Waals surface area contributed by atoms with Gasteiger partial charge in [0, 0.05) is 55.3 Å². The second-order valence-electron chi connectivity index (χ2n) is 9.41. The summed E-state index contributed by atoms with van der Waals surface area (Å²) in [6.45, 7) is 1.64. The van der Waals surface area contributed by atoms with Crippen molar-refractivity contribution >= 4 is 58.1 Å². The summed E-state index contributed by atoms with van der Waals surface area (Å²) in [7, 11) is 5.41. The Morgan fingerprint density at radius 3 is 2.67 bits per heavy atom. The maximum atomic E-state index is 14.6. The summed E-state index contributed by atoms with van der Waals surface area (Å²) in [6.07, 6.45) is 3.22. The number of amides is 3. The van der Waals surface area contributed by atoms with E-state index in [4.69, 9.17) is 11.6 Å². The molecular formula is C24H29ClFN5O3S2. The van der Waals surface area contributed by atoms with Crippen molar-refractivity contribution in [1.29, 1.82) is 0 Å². The first kappa shape index (κ1) is 26.7. The lowest BCUT2D eigenvalue weighted by Crippen LogP contribution is -2.56. The van der Waals surface area contributed by atoms with E-state index in [0.717, 1.165) is 47.5 Å². The summed E-state index contributed by atoms with van der Waals surface area (Å²) < 4.78 is 15.1. The van der Waals surface area contributed by atoms with Crippen LogP contribution in [0.2, 0.25) is 4.34 Å². The highest BCUT2D eigenvalue weighted by Gasteiger charge is 2.37. The number of hydrogen-bond donors (Lipinski definition) is 2. The molecule has 0 spiro atoms. The quantitative estimate of drug-likeness (QED) is 0.535. The largest absolute Gasteiger partial charge is 0.349 e. The SMILES string of the molecule is CN1CCc2nc(C(=O)N[C@@H]3C[C@@H](C(=O)N(C)C)CC[C@@H]3NC(=O)C(F)=Cc3ccc(Cl)s3)sc2C1. The van der Waals surface area contributed by atoms with Gasteiger partial charge in [0.2, 0.25) is 5.91 Å². The van der Waals surface area contributed by atoms with Crippen molar-refractivity contribution in [2.45, 2.75) is 44.3 Å². The van der Waals surface area contributed by atoms with Gasteiger partial charge in [0.05, 0.1) is 16.1 Å². The molecule has 3 atom stereocenters. The average Bonchev–Trinajstić information content (AvgIpc) is 3.44. The summed E-state index contributed by atoms with van der Waals surface area (Å²) in [6, 6.07) is 2.19. The Morgan fingerprint density at radius 1 is 1.19 bits per heavy atom. The maximum absolute atomic E-state index is 14.6. The van der Waals surface area contributed by atoms with Crippen LogP contribution in [0.4, 0.5) is 4.39 Å². The van der Waals surface area contributed by atoms with Gasteiger partial charge < -0.3 is 20.4 Å². The average molecular weight is 554 g/mol. The number of halogens is 2. The molecule has 0 radical (unpaired) electrons. The summed E-state index contributed by atoms with van der Waals surface area (Å²) in [4.78, 5) is 48.3. The predicted octanol–water partition coefficient (Wildman–Crippen LogP) is 3.33. The zero-order valence-corrected chi connectivity index (χ0v) is 22.7. The topological polar surface area (TPSA) is 94.6 Å². The second-order valence-corrected chi connectivity index (χ2v) is 12.2. The fourth-order valence-corrected chi connectivity index (χ4v) is 6.66. The Balaban J connectivity index is 1.49. The van der Waals surface area contributed by atoms with Crippen LogP contribution in [0.1, 0.15) is 44.5 Å². The van der Waals surface area contributed by atoms with Crippen LogP contribution in [0, 0.1) is 5.92 Å². The van der Waals surface area contributed by atoms with Gasteiger partial charge in [-0.05, 0) is 44.5 Å². The van der Waals surface area contributed by atoms with E-state index in [2.05, 4.69) is 20.5 Å². The molecule has 4 rings (SSSR count). The normalized spacial score (nSPS) is 22.6. The number of nitrogens with zero attached hydrogens (tertiary/aromatic N) is 3. The molecule has 2 aromatic rings. The van der Waals surface area contributed by atoms with Crippen LogP contribution in [-0.4, -0.2) is 72.3 Å². The molecule has 2 aliphatic rings. The Kier molecular flexibility index (Phi) is 8.44. The van der Waals surface area contributed by atoms with E-state index >= 15 is 0 Å². The third kappa shape index (κ3) is 6.31. The Hall–Kier alpha value is -2.34. The lowest BCUT2D eigenvalue weighted by Gasteiger charge is -2.37. The van der Waals surface area contributed by atoms with Crippen molar-refractivity contribution in [3.63, 3.8) is 0 Å². The number of aromatic nitrogens is 1. The van der Waals surface area contributed by atoms with E-state index in [1.54, 1.807) is 26.2 Å². The zero-order valence-electron chi connectivity index (χ0n) is 20.3. The van der Waals surface area contributed by atoms with E-state index < -0.39 is 23.8 Å². The van der Waals surface area contributed by atoms with Crippen molar-refractivity contribution in [3.8, 4) is 0 Å². The summed E-state index contributed by atoms with van der Waals surface area (Å²) in [5.74, 6) is -2.49. The van der Waals surface area contributed by atoms with Gasteiger partial charge in [-0.1, -0.05) is 11.6 Å². The molecule has 0 aromatic carbocycles. The van der Waals surface area contributed by atoms with Crippen LogP contribution >= 0.6 is 34.3 Å². The van der Waals surface area contributed by atoms with Crippen molar-refractivity contribution < 1.29 is 18.8 Å². The van der Waals surface area contributed by atoms with Crippen LogP contribution in [-0.2, 0) is 22.6 Å². The van der Waals surface area contributed by atoms with E-state index in [1.807, 2.05) is 7.05 Å². The number of thiophene rings is 1. The highest BCUT2D eigenvalue weighted by atomic mass is 35.5. The lowest BCUT2D eigenvalue weighted by atomic mass is 9.81. The number of hydrogen-bond acceptors (Lipinski definition) is 7. The molecular weight excluding hydrogens is 525 g/mol. The molecule has 1 aliphatic carbocycles. The predicted molar refractivity (Wildman–Crippen MR) is 140 cm³/mol. The van der Waals surface area contributed by atoms with Crippen molar-refractivity contribution in [1.82, 2.24) is 25.4 Å². The van der Waals surface area contributed by atoms with Crippen LogP contribution in [0.25, 0.3) is 6.08 Å². The van der Waals surface area contributed by atoms with Gasteiger partial charge in [0.15, 0.2) is 10.8 Å². The molecule has 0 saturated heterocycles. The molecule has 194 valence electrons. The Bertz CT molecular complexity index is 1180. The molecule has 2 aromatic heterocycles. The number of carbonyl (C=O) groups excluding carboxylic acids is 3. The molecule has 1 saturated carbocycles. The van der Waals surface area contributed by atoms with Gasteiger partial charge >= 0.3 is 0 Å². The van der Waals surface area contributed by atoms with Gasteiger partial charge in [-0.15, -0.1) is 22.7 Å². The number of carbonyl (C=O) groups is 3. The molecule has 3 amide bonds. The second kappa shape index (κ2) is 11.4. The molecule has 12 heteroatoms. The number of rotatable bonds is 6. The first-order valence-corrected chi connectivity index (χ1v) is 13.7. The standard InChI is InChI=1S/C24H29ClFN5O3S2/c1-30(2)24(34)13-4-6-16(27-21(32)15(26)11-14-5-7-20(25)35-14)18(10-13)28-22(33)23-29-17-8-9-31(3)12-19(17)36-23/h5,7,11,13,16,18H,4,6,8-10,12H2,1-3H3,(H,27,32)(H,28,33)/t13-,16-,18+/m0/s1. The summed E-state index contributed by atoms with van der Waals surface area (Å²) in [5, 5.41) is 6.06. The van der Waals surface area contributed by atoms with Crippen molar-refractivity contribution in [3.05, 3.63) is 42.8 Å². The Labute approximate surface area is 222 Å². The van der Waals surface area contributed by atoms with Gasteiger partial charge in [-0.2, -0.15) is 0 Å². The monoisotopic (exact) mass is 553 g/mol. The number of thiazole rings is 1. The number of likely N-dealkylation sites (N-methyl/N-ethyl adjacent to an activating group) is 1. The van der Waals surface area contributed by atoms with Crippen LogP contribution < -0.4 is 10.6 Å². The lowest BCUT2D eigenvalue weighted by molar-refractivity contribution is -0.134. The first-order chi connectivity index (χ1) is 17.1. The highest BCUT2D eigenvalue weighted by Crippen LogP contribution is 2.29. The third-order valence-corrected chi connectivity index (χ3v) is 8.73. The minimum absolute atomic E-state index is 0.0348. The van der Waals surface area contributed by atoms with Crippen molar-refractivity contribution in [2.24, 2.45) is 5.92 Å². The van der Waals surface area contributed by atoms with E-state index in [9.17, 15) is 18.8 Å². The smallest absolute Gasteiger partial charge is 0.280 e. The van der Waals surface area contributed by atoms with E-state index in [0.29, 0.717) is 33.5 Å². The number of fused-ring (bicyclic) bond motifs is 1. The molecule has 0 unspecified atom stereocenters. The molecule has 8 nitrogen and oxygen atoms in total. The molecule has 36 heavy (non-hydrogen) atoms. The first-order valence-electron chi connectivity index (χ1n) is 11.7. The summed E-state index contributed by atoms with van der Waals surface area (Å²) in [5.41, 5.74) is 0.943. The maximum Gasteiger partial charge on any atom is 0.280 e. The molecule has 2 N–H and O–H groups in total. The van der Waals surface area contributed by atoms with E-state index in [1.165, 1.54) is 16.2 Å². The van der Waals surface area contributed by atoms with Gasteiger partial charge in [0.25, 0.3) is 11.8 Å². The fourth-order valence-electron chi connectivity index (χ4n) is 4.58. The van der Waals surface area contributed by atoms with Gasteiger partial charge in [-0.25, -0.2) is 9.37 Å². The highest BCUT2D eigenvalue weighted by molar-refractivity contribution is 7.17. The third-order valence-electron chi connectivity index (χ3n) is 6.47.